The number of amides is 1. The molecule has 1 saturated heterocycles. The van der Waals surface area contributed by atoms with Gasteiger partial charge in [-0.1, -0.05) is 11.6 Å². The Bertz CT molecular complexity index is 850. The smallest absolute Gasteiger partial charge is 0.259 e. The van der Waals surface area contributed by atoms with Crippen molar-refractivity contribution in [2.75, 3.05) is 13.1 Å². The van der Waals surface area contributed by atoms with Gasteiger partial charge in [0.1, 0.15) is 5.56 Å². The zero-order chi connectivity index (χ0) is 15.1. The minimum Gasteiger partial charge on any atom is -0.338 e. The average Bonchev–Trinajstić information content (AvgIpc) is 3.26. The highest BCUT2D eigenvalue weighted by molar-refractivity contribution is 7.19. The first-order valence-corrected chi connectivity index (χ1v) is 8.31. The van der Waals surface area contributed by atoms with Crippen molar-refractivity contribution in [3.8, 4) is 10.6 Å². The van der Waals surface area contributed by atoms with Crippen LogP contribution < -0.4 is 0 Å². The van der Waals surface area contributed by atoms with Crippen LogP contribution in [-0.2, 0) is 0 Å². The molecule has 0 aliphatic carbocycles. The number of hydrogen-bond donors (Lipinski definition) is 0. The van der Waals surface area contributed by atoms with E-state index in [1.807, 2.05) is 23.1 Å². The number of likely N-dealkylation sites (tertiary alicyclic amines) is 1. The molecule has 1 aliphatic heterocycles. The molecule has 0 aromatic carbocycles. The summed E-state index contributed by atoms with van der Waals surface area (Å²) in [5, 5.41) is 4.37. The molecule has 1 aliphatic rings. The molecule has 3 aromatic heterocycles. The Morgan fingerprint density at radius 2 is 2.05 bits per heavy atom. The lowest BCUT2D eigenvalue weighted by Gasteiger charge is -2.13. The lowest BCUT2D eigenvalue weighted by molar-refractivity contribution is 0.0794. The van der Waals surface area contributed by atoms with E-state index >= 15 is 0 Å². The first kappa shape index (κ1) is 13.7. The molecule has 5 nitrogen and oxygen atoms in total. The summed E-state index contributed by atoms with van der Waals surface area (Å²) in [4.78, 5) is 19.8. The predicted molar refractivity (Wildman–Crippen MR) is 86.4 cm³/mol. The van der Waals surface area contributed by atoms with E-state index in [9.17, 15) is 4.79 Å². The van der Waals surface area contributed by atoms with E-state index in [1.54, 1.807) is 16.9 Å². The molecule has 4 heterocycles. The molecule has 0 spiro atoms. The number of thiophene rings is 1. The van der Waals surface area contributed by atoms with Crippen LogP contribution >= 0.6 is 22.9 Å². The Morgan fingerprint density at radius 1 is 1.23 bits per heavy atom. The molecule has 4 rings (SSSR count). The molecule has 0 saturated carbocycles. The van der Waals surface area contributed by atoms with Gasteiger partial charge < -0.3 is 4.90 Å². The minimum absolute atomic E-state index is 0.0151. The van der Waals surface area contributed by atoms with Crippen LogP contribution in [0.5, 0.6) is 0 Å². The van der Waals surface area contributed by atoms with Crippen molar-refractivity contribution < 1.29 is 4.79 Å². The summed E-state index contributed by atoms with van der Waals surface area (Å²) < 4.78 is 2.44. The molecule has 0 radical (unpaired) electrons. The van der Waals surface area contributed by atoms with Gasteiger partial charge in [-0.25, -0.2) is 9.50 Å². The Hall–Kier alpha value is -1.92. The van der Waals surface area contributed by atoms with Gasteiger partial charge >= 0.3 is 0 Å². The highest BCUT2D eigenvalue weighted by Gasteiger charge is 2.24. The van der Waals surface area contributed by atoms with Crippen LogP contribution in [0, 0.1) is 0 Å². The average molecular weight is 333 g/mol. The van der Waals surface area contributed by atoms with Crippen LogP contribution in [0.2, 0.25) is 4.34 Å². The summed E-state index contributed by atoms with van der Waals surface area (Å²) >= 11 is 7.50. The van der Waals surface area contributed by atoms with E-state index in [0.29, 0.717) is 11.2 Å². The quantitative estimate of drug-likeness (QED) is 0.723. The largest absolute Gasteiger partial charge is 0.338 e. The van der Waals surface area contributed by atoms with Crippen molar-refractivity contribution in [1.82, 2.24) is 19.5 Å². The minimum atomic E-state index is 0.0151. The van der Waals surface area contributed by atoms with Gasteiger partial charge in [0.05, 0.1) is 21.1 Å². The monoisotopic (exact) mass is 332 g/mol. The summed E-state index contributed by atoms with van der Waals surface area (Å²) in [5.41, 5.74) is 2.05. The highest BCUT2D eigenvalue weighted by Crippen LogP contribution is 2.31. The highest BCUT2D eigenvalue weighted by atomic mass is 35.5. The second-order valence-corrected chi connectivity index (χ2v) is 6.94. The zero-order valence-corrected chi connectivity index (χ0v) is 13.3. The second kappa shape index (κ2) is 5.37. The maximum atomic E-state index is 12.6. The van der Waals surface area contributed by atoms with Crippen LogP contribution in [0.1, 0.15) is 23.2 Å². The maximum Gasteiger partial charge on any atom is 0.259 e. The van der Waals surface area contributed by atoms with Crippen LogP contribution in [-0.4, -0.2) is 38.5 Å². The summed E-state index contributed by atoms with van der Waals surface area (Å²) in [5.74, 6) is 0.0151. The number of nitrogens with zero attached hydrogens (tertiary/aromatic N) is 4. The van der Waals surface area contributed by atoms with E-state index < -0.39 is 0 Å². The fourth-order valence-electron chi connectivity index (χ4n) is 2.77. The molecule has 0 bridgehead atoms. The van der Waals surface area contributed by atoms with Crippen LogP contribution in [0.25, 0.3) is 16.2 Å². The predicted octanol–water partition coefficient (Wildman–Crippen LogP) is 3.35. The number of rotatable bonds is 2. The summed E-state index contributed by atoms with van der Waals surface area (Å²) in [6.07, 6.45) is 5.46. The van der Waals surface area contributed by atoms with Gasteiger partial charge in [-0.3, -0.25) is 4.79 Å². The molecule has 1 amide bonds. The normalized spacial score (nSPS) is 14.9. The third kappa shape index (κ3) is 2.19. The van der Waals surface area contributed by atoms with Crippen molar-refractivity contribution >= 4 is 34.5 Å². The molecule has 0 unspecified atom stereocenters. The van der Waals surface area contributed by atoms with E-state index in [4.69, 9.17) is 11.6 Å². The summed E-state index contributed by atoms with van der Waals surface area (Å²) in [7, 11) is 0. The van der Waals surface area contributed by atoms with Crippen molar-refractivity contribution in [1.29, 1.82) is 0 Å². The summed E-state index contributed by atoms with van der Waals surface area (Å²) in [6.45, 7) is 1.63. The fourth-order valence-corrected chi connectivity index (χ4v) is 3.83. The van der Waals surface area contributed by atoms with E-state index in [-0.39, 0.29) is 5.91 Å². The van der Waals surface area contributed by atoms with Gasteiger partial charge in [-0.15, -0.1) is 11.3 Å². The number of carbonyl (C=O) groups excluding carboxylic acids is 1. The summed E-state index contributed by atoms with van der Waals surface area (Å²) in [6, 6.07) is 5.69. The second-order valence-electron chi connectivity index (χ2n) is 5.23. The molecular weight excluding hydrogens is 320 g/mol. The third-order valence-electron chi connectivity index (χ3n) is 3.85. The number of halogens is 1. The maximum absolute atomic E-state index is 12.6. The van der Waals surface area contributed by atoms with E-state index in [2.05, 4.69) is 10.1 Å². The number of aromatic nitrogens is 3. The van der Waals surface area contributed by atoms with Crippen molar-refractivity contribution in [2.24, 2.45) is 0 Å². The lowest BCUT2D eigenvalue weighted by Crippen LogP contribution is -2.27. The Balaban J connectivity index is 1.81. The lowest BCUT2D eigenvalue weighted by atomic mass is 10.3. The van der Waals surface area contributed by atoms with Crippen LogP contribution in [0.3, 0.4) is 0 Å². The molecule has 1 fully saturated rings. The van der Waals surface area contributed by atoms with Crippen molar-refractivity contribution in [2.45, 2.75) is 12.8 Å². The molecular formula is C15H13ClN4OS. The van der Waals surface area contributed by atoms with Gasteiger partial charge in [0.25, 0.3) is 5.91 Å². The van der Waals surface area contributed by atoms with Gasteiger partial charge in [0.15, 0.2) is 5.65 Å². The first-order chi connectivity index (χ1) is 10.7. The molecule has 7 heteroatoms. The molecule has 0 N–H and O–H groups in total. The number of carbonyl (C=O) groups is 1. The first-order valence-electron chi connectivity index (χ1n) is 7.12. The van der Waals surface area contributed by atoms with E-state index in [1.165, 1.54) is 11.3 Å². The SMILES string of the molecule is O=C(c1cnn2c(-c3ccc(Cl)s3)ccnc12)N1CCCC1. The van der Waals surface area contributed by atoms with Crippen LogP contribution in [0.15, 0.2) is 30.6 Å². The zero-order valence-electron chi connectivity index (χ0n) is 11.7. The van der Waals surface area contributed by atoms with Gasteiger partial charge in [0.2, 0.25) is 0 Å². The van der Waals surface area contributed by atoms with Crippen molar-refractivity contribution in [3.05, 3.63) is 40.5 Å². The van der Waals surface area contributed by atoms with Gasteiger partial charge in [-0.05, 0) is 31.0 Å². The molecule has 3 aromatic rings. The standard InChI is InChI=1S/C15H13ClN4OS/c16-13-4-3-12(22-13)11-5-6-17-14-10(9-18-20(11)14)15(21)19-7-1-2-8-19/h3-6,9H,1-2,7-8H2. The fraction of sp³-hybridized carbons (Fsp3) is 0.267. The van der Waals surface area contributed by atoms with Crippen molar-refractivity contribution in [3.63, 3.8) is 0 Å². The third-order valence-corrected chi connectivity index (χ3v) is 5.10. The topological polar surface area (TPSA) is 50.5 Å². The number of hydrogen-bond acceptors (Lipinski definition) is 4. The van der Waals surface area contributed by atoms with E-state index in [0.717, 1.165) is 40.8 Å². The molecule has 112 valence electrons. The van der Waals surface area contributed by atoms with Gasteiger partial charge in [0, 0.05) is 19.3 Å². The Kier molecular flexibility index (Phi) is 3.35. The number of fused-ring (bicyclic) bond motifs is 1. The molecule has 0 atom stereocenters. The molecule has 22 heavy (non-hydrogen) atoms. The van der Waals surface area contributed by atoms with Gasteiger partial charge in [-0.2, -0.15) is 5.10 Å². The Morgan fingerprint density at radius 3 is 2.77 bits per heavy atom. The van der Waals surface area contributed by atoms with Crippen LogP contribution in [0.4, 0.5) is 0 Å². The Labute approximate surface area is 136 Å².